The van der Waals surface area contributed by atoms with Gasteiger partial charge in [-0.1, -0.05) is 60.2 Å². The standard InChI is InChI=1S/C22H20N2O3/c1-16-10-12-19(13-11-16)23-21(15-22(25)17-6-3-2-4-7-17)18-8-5-9-20(14-18)24(26)27/h2-14,21,23H,15H2,1H3. The smallest absolute Gasteiger partial charge is 0.269 e. The Labute approximate surface area is 157 Å². The van der Waals surface area contributed by atoms with E-state index in [0.29, 0.717) is 11.1 Å². The molecule has 1 unspecified atom stereocenters. The van der Waals surface area contributed by atoms with E-state index in [2.05, 4.69) is 5.32 Å². The van der Waals surface area contributed by atoms with Crippen LogP contribution in [0.2, 0.25) is 0 Å². The predicted molar refractivity (Wildman–Crippen MR) is 106 cm³/mol. The summed E-state index contributed by atoms with van der Waals surface area (Å²) in [6.07, 6.45) is 0.194. The van der Waals surface area contributed by atoms with E-state index in [0.717, 1.165) is 11.3 Å². The number of nitro benzene ring substituents is 1. The lowest BCUT2D eigenvalue weighted by atomic mass is 9.97. The summed E-state index contributed by atoms with van der Waals surface area (Å²) in [7, 11) is 0. The van der Waals surface area contributed by atoms with Gasteiger partial charge in [-0.15, -0.1) is 0 Å². The molecule has 3 rings (SSSR count). The van der Waals surface area contributed by atoms with Crippen molar-refractivity contribution in [2.45, 2.75) is 19.4 Å². The van der Waals surface area contributed by atoms with Crippen molar-refractivity contribution < 1.29 is 9.72 Å². The number of nitrogens with zero attached hydrogens (tertiary/aromatic N) is 1. The zero-order valence-corrected chi connectivity index (χ0v) is 15.0. The Hall–Kier alpha value is -3.47. The number of carbonyl (C=O) groups is 1. The Bertz CT molecular complexity index is 937. The fourth-order valence-corrected chi connectivity index (χ4v) is 2.89. The van der Waals surface area contributed by atoms with E-state index >= 15 is 0 Å². The van der Waals surface area contributed by atoms with Crippen molar-refractivity contribution in [1.82, 2.24) is 0 Å². The first-order valence-corrected chi connectivity index (χ1v) is 8.69. The Morgan fingerprint density at radius 2 is 1.70 bits per heavy atom. The van der Waals surface area contributed by atoms with E-state index in [1.807, 2.05) is 49.4 Å². The SMILES string of the molecule is Cc1ccc(NC(CC(=O)c2ccccc2)c2cccc([N+](=O)[O-])c2)cc1. The molecule has 5 heteroatoms. The number of rotatable bonds is 7. The van der Waals surface area contributed by atoms with Gasteiger partial charge in [0, 0.05) is 29.8 Å². The molecule has 5 nitrogen and oxygen atoms in total. The largest absolute Gasteiger partial charge is 0.378 e. The van der Waals surface area contributed by atoms with Crippen LogP contribution in [0.5, 0.6) is 0 Å². The molecule has 0 aromatic heterocycles. The Balaban J connectivity index is 1.90. The summed E-state index contributed by atoms with van der Waals surface area (Å²) < 4.78 is 0. The molecular weight excluding hydrogens is 340 g/mol. The van der Waals surface area contributed by atoms with Gasteiger partial charge in [0.05, 0.1) is 11.0 Å². The van der Waals surface area contributed by atoms with Crippen molar-refractivity contribution in [2.24, 2.45) is 0 Å². The minimum atomic E-state index is -0.425. The second-order valence-electron chi connectivity index (χ2n) is 6.41. The van der Waals surface area contributed by atoms with Gasteiger partial charge in [-0.25, -0.2) is 0 Å². The number of aryl methyl sites for hydroxylation is 1. The minimum absolute atomic E-state index is 0.00960. The third kappa shape index (κ3) is 4.79. The van der Waals surface area contributed by atoms with E-state index in [1.165, 1.54) is 12.1 Å². The lowest BCUT2D eigenvalue weighted by Crippen LogP contribution is -2.16. The van der Waals surface area contributed by atoms with Crippen molar-refractivity contribution in [3.63, 3.8) is 0 Å². The summed E-state index contributed by atoms with van der Waals surface area (Å²) in [5.41, 5.74) is 3.33. The second-order valence-corrected chi connectivity index (χ2v) is 6.41. The van der Waals surface area contributed by atoms with E-state index < -0.39 is 4.92 Å². The first kappa shape index (κ1) is 18.3. The second kappa shape index (κ2) is 8.27. The summed E-state index contributed by atoms with van der Waals surface area (Å²) in [5.74, 6) is -0.0216. The van der Waals surface area contributed by atoms with Gasteiger partial charge in [-0.05, 0) is 24.6 Å². The zero-order valence-electron chi connectivity index (χ0n) is 15.0. The number of nitro groups is 1. The molecule has 3 aromatic rings. The minimum Gasteiger partial charge on any atom is -0.378 e. The third-order valence-electron chi connectivity index (χ3n) is 4.36. The van der Waals surface area contributed by atoms with E-state index in [4.69, 9.17) is 0 Å². The first-order chi connectivity index (χ1) is 13.0. The normalized spacial score (nSPS) is 11.6. The first-order valence-electron chi connectivity index (χ1n) is 8.69. The summed E-state index contributed by atoms with van der Waals surface area (Å²) in [6.45, 7) is 2.00. The van der Waals surface area contributed by atoms with Crippen LogP contribution in [0.3, 0.4) is 0 Å². The topological polar surface area (TPSA) is 72.2 Å². The van der Waals surface area contributed by atoms with Crippen molar-refractivity contribution in [3.8, 4) is 0 Å². The number of nitrogens with one attached hydrogen (secondary N) is 1. The number of Topliss-reactive ketones (excluding diaryl/α,β-unsaturated/α-hetero) is 1. The number of benzene rings is 3. The van der Waals surface area contributed by atoms with Crippen molar-refractivity contribution in [1.29, 1.82) is 0 Å². The van der Waals surface area contributed by atoms with Crippen LogP contribution in [0.1, 0.15) is 33.9 Å². The fourth-order valence-electron chi connectivity index (χ4n) is 2.89. The van der Waals surface area contributed by atoms with Crippen LogP contribution in [0.4, 0.5) is 11.4 Å². The third-order valence-corrected chi connectivity index (χ3v) is 4.36. The van der Waals surface area contributed by atoms with Crippen LogP contribution in [-0.4, -0.2) is 10.7 Å². The molecule has 0 aliphatic rings. The van der Waals surface area contributed by atoms with Crippen LogP contribution in [0.25, 0.3) is 0 Å². The molecule has 1 atom stereocenters. The molecule has 0 spiro atoms. The molecule has 0 amide bonds. The highest BCUT2D eigenvalue weighted by Crippen LogP contribution is 2.27. The number of non-ortho nitro benzene ring substituents is 1. The summed E-state index contributed by atoms with van der Waals surface area (Å²) in [4.78, 5) is 23.4. The lowest BCUT2D eigenvalue weighted by Gasteiger charge is -2.20. The maximum Gasteiger partial charge on any atom is 0.269 e. The van der Waals surface area contributed by atoms with Gasteiger partial charge in [0.1, 0.15) is 0 Å². The van der Waals surface area contributed by atoms with Crippen LogP contribution in [0, 0.1) is 17.0 Å². The summed E-state index contributed by atoms with van der Waals surface area (Å²) in [6, 6.07) is 22.9. The average molecular weight is 360 g/mol. The number of anilines is 1. The van der Waals surface area contributed by atoms with Gasteiger partial charge in [-0.3, -0.25) is 14.9 Å². The molecule has 0 aliphatic carbocycles. The van der Waals surface area contributed by atoms with Crippen molar-refractivity contribution in [2.75, 3.05) is 5.32 Å². The van der Waals surface area contributed by atoms with Gasteiger partial charge >= 0.3 is 0 Å². The van der Waals surface area contributed by atoms with E-state index in [9.17, 15) is 14.9 Å². The number of hydrogen-bond donors (Lipinski definition) is 1. The highest BCUT2D eigenvalue weighted by molar-refractivity contribution is 5.96. The van der Waals surface area contributed by atoms with E-state index in [-0.39, 0.29) is 23.9 Å². The Morgan fingerprint density at radius 1 is 1.00 bits per heavy atom. The molecule has 136 valence electrons. The monoisotopic (exact) mass is 360 g/mol. The lowest BCUT2D eigenvalue weighted by molar-refractivity contribution is -0.384. The quantitative estimate of drug-likeness (QED) is 0.351. The van der Waals surface area contributed by atoms with E-state index in [1.54, 1.807) is 24.3 Å². The molecule has 0 bridgehead atoms. The van der Waals surface area contributed by atoms with Gasteiger partial charge in [0.15, 0.2) is 5.78 Å². The molecule has 0 aliphatic heterocycles. The van der Waals surface area contributed by atoms with Gasteiger partial charge < -0.3 is 5.32 Å². The molecule has 0 radical (unpaired) electrons. The van der Waals surface area contributed by atoms with Gasteiger partial charge in [-0.2, -0.15) is 0 Å². The summed E-state index contributed by atoms with van der Waals surface area (Å²) in [5, 5.41) is 14.5. The molecule has 3 aromatic carbocycles. The predicted octanol–water partition coefficient (Wildman–Crippen LogP) is 5.33. The van der Waals surface area contributed by atoms with Crippen molar-refractivity contribution in [3.05, 3.63) is 106 Å². The van der Waals surface area contributed by atoms with Crippen LogP contribution in [-0.2, 0) is 0 Å². The number of carbonyl (C=O) groups excluding carboxylic acids is 1. The maximum atomic E-state index is 12.7. The average Bonchev–Trinajstić information content (AvgIpc) is 2.70. The van der Waals surface area contributed by atoms with Gasteiger partial charge in [0.2, 0.25) is 0 Å². The fraction of sp³-hybridized carbons (Fsp3) is 0.136. The molecule has 0 heterocycles. The highest BCUT2D eigenvalue weighted by atomic mass is 16.6. The van der Waals surface area contributed by atoms with Crippen LogP contribution >= 0.6 is 0 Å². The highest BCUT2D eigenvalue weighted by Gasteiger charge is 2.19. The molecular formula is C22H20N2O3. The van der Waals surface area contributed by atoms with Crippen LogP contribution in [0.15, 0.2) is 78.9 Å². The van der Waals surface area contributed by atoms with Crippen LogP contribution < -0.4 is 5.32 Å². The molecule has 0 fully saturated rings. The Kier molecular flexibility index (Phi) is 5.61. The molecule has 27 heavy (non-hydrogen) atoms. The Morgan fingerprint density at radius 3 is 2.37 bits per heavy atom. The molecule has 1 N–H and O–H groups in total. The molecule has 0 saturated heterocycles. The summed E-state index contributed by atoms with van der Waals surface area (Å²) >= 11 is 0. The number of hydrogen-bond acceptors (Lipinski definition) is 4. The molecule has 0 saturated carbocycles. The number of ketones is 1. The maximum absolute atomic E-state index is 12.7. The van der Waals surface area contributed by atoms with Crippen molar-refractivity contribution >= 4 is 17.2 Å². The van der Waals surface area contributed by atoms with Gasteiger partial charge in [0.25, 0.3) is 5.69 Å². The zero-order chi connectivity index (χ0) is 19.2.